The molecular formula is C36H56N6O7. The van der Waals surface area contributed by atoms with Gasteiger partial charge in [0.25, 0.3) is 5.91 Å². The van der Waals surface area contributed by atoms with Crippen LogP contribution in [-0.4, -0.2) is 95.0 Å². The molecule has 0 aromatic heterocycles. The van der Waals surface area contributed by atoms with E-state index in [-0.39, 0.29) is 60.9 Å². The molecule has 4 fully saturated rings. The van der Waals surface area contributed by atoms with Crippen molar-refractivity contribution in [2.75, 3.05) is 19.6 Å². The van der Waals surface area contributed by atoms with Gasteiger partial charge in [-0.25, -0.2) is 4.79 Å². The van der Waals surface area contributed by atoms with Crippen LogP contribution in [-0.2, 0) is 28.8 Å². The van der Waals surface area contributed by atoms with Gasteiger partial charge in [-0.15, -0.1) is 6.58 Å². The highest BCUT2D eigenvalue weighted by atomic mass is 16.2. The van der Waals surface area contributed by atoms with Crippen molar-refractivity contribution in [3.8, 4) is 0 Å². The first-order valence-corrected chi connectivity index (χ1v) is 17.6. The van der Waals surface area contributed by atoms with Crippen LogP contribution in [0.15, 0.2) is 12.7 Å². The van der Waals surface area contributed by atoms with Crippen LogP contribution in [0.2, 0.25) is 0 Å². The molecular weight excluding hydrogens is 628 g/mol. The van der Waals surface area contributed by atoms with E-state index in [2.05, 4.69) is 41.7 Å². The number of carbonyl (C=O) groups is 7. The smallest absolute Gasteiger partial charge is 0.315 e. The Morgan fingerprint density at radius 1 is 0.939 bits per heavy atom. The molecule has 0 aromatic carbocycles. The number of rotatable bonds is 13. The van der Waals surface area contributed by atoms with Gasteiger partial charge in [0, 0.05) is 32.5 Å². The minimum atomic E-state index is -1.03. The van der Waals surface area contributed by atoms with Crippen molar-refractivity contribution < 1.29 is 33.6 Å². The largest absolute Gasteiger partial charge is 0.346 e. The lowest BCUT2D eigenvalue weighted by Gasteiger charge is -2.39. The molecule has 0 spiro atoms. The van der Waals surface area contributed by atoms with E-state index in [1.54, 1.807) is 0 Å². The number of ketones is 1. The number of carbonyl (C=O) groups excluding carboxylic acids is 7. The van der Waals surface area contributed by atoms with Crippen LogP contribution in [0.3, 0.4) is 0 Å². The average Bonchev–Trinajstić information content (AvgIpc) is 3.85. The van der Waals surface area contributed by atoms with Crippen LogP contribution >= 0.6 is 0 Å². The lowest BCUT2D eigenvalue weighted by molar-refractivity contribution is -0.148. The van der Waals surface area contributed by atoms with Crippen molar-refractivity contribution >= 4 is 41.4 Å². The normalized spacial score (nSPS) is 25.0. The summed E-state index contributed by atoms with van der Waals surface area (Å²) in [6.07, 6.45) is 4.71. The van der Waals surface area contributed by atoms with E-state index in [4.69, 9.17) is 0 Å². The van der Waals surface area contributed by atoms with Crippen molar-refractivity contribution in [3.05, 3.63) is 12.7 Å². The van der Waals surface area contributed by atoms with Gasteiger partial charge >= 0.3 is 6.03 Å². The number of imide groups is 1. The van der Waals surface area contributed by atoms with Crippen molar-refractivity contribution in [1.29, 1.82) is 0 Å². The zero-order valence-corrected chi connectivity index (χ0v) is 30.4. The first kappa shape index (κ1) is 38.0. The van der Waals surface area contributed by atoms with Gasteiger partial charge in [-0.05, 0) is 46.8 Å². The van der Waals surface area contributed by atoms with Crippen molar-refractivity contribution in [2.45, 2.75) is 118 Å². The van der Waals surface area contributed by atoms with Crippen LogP contribution < -0.4 is 21.3 Å². The Kier molecular flexibility index (Phi) is 11.0. The molecule has 0 aromatic rings. The Morgan fingerprint density at radius 2 is 1.55 bits per heavy atom. The molecule has 2 heterocycles. The summed E-state index contributed by atoms with van der Waals surface area (Å²) in [7, 11) is 0. The monoisotopic (exact) mass is 684 g/mol. The summed E-state index contributed by atoms with van der Waals surface area (Å²) < 4.78 is 0. The molecule has 4 N–H and O–H groups in total. The summed E-state index contributed by atoms with van der Waals surface area (Å²) in [6, 6.07) is -4.16. The quantitative estimate of drug-likeness (QED) is 0.131. The average molecular weight is 685 g/mol. The number of urea groups is 1. The Labute approximate surface area is 290 Å². The second-order valence-corrected chi connectivity index (χ2v) is 17.1. The van der Waals surface area contributed by atoms with Crippen LogP contribution in [0.1, 0.15) is 93.9 Å². The summed E-state index contributed by atoms with van der Waals surface area (Å²) in [5, 5.41) is 11.1. The van der Waals surface area contributed by atoms with Crippen LogP contribution in [0, 0.1) is 34.0 Å². The van der Waals surface area contributed by atoms with Gasteiger partial charge < -0.3 is 26.2 Å². The van der Waals surface area contributed by atoms with Gasteiger partial charge in [0.15, 0.2) is 0 Å². The number of nitrogens with zero attached hydrogens (tertiary/aromatic N) is 2. The minimum absolute atomic E-state index is 0.0158. The van der Waals surface area contributed by atoms with Gasteiger partial charge in [0.1, 0.15) is 12.1 Å². The van der Waals surface area contributed by atoms with Crippen LogP contribution in [0.25, 0.3) is 0 Å². The van der Waals surface area contributed by atoms with Gasteiger partial charge in [-0.1, -0.05) is 74.3 Å². The number of fused-ring (bicyclic) bond motifs is 1. The van der Waals surface area contributed by atoms with Crippen molar-refractivity contribution in [3.63, 3.8) is 0 Å². The minimum Gasteiger partial charge on any atom is -0.346 e. The molecule has 4 rings (SSSR count). The topological polar surface area (TPSA) is 174 Å². The number of Topliss-reactive ketones (excluding diaryl/α,β-unsaturated/α-hetero) is 1. The molecule has 0 bridgehead atoms. The molecule has 2 saturated carbocycles. The number of amides is 7. The maximum Gasteiger partial charge on any atom is 0.315 e. The predicted molar refractivity (Wildman–Crippen MR) is 182 cm³/mol. The van der Waals surface area contributed by atoms with E-state index in [1.807, 2.05) is 41.5 Å². The maximum atomic E-state index is 14.4. The molecule has 272 valence electrons. The van der Waals surface area contributed by atoms with Crippen molar-refractivity contribution in [2.24, 2.45) is 34.0 Å². The number of nitrogens with one attached hydrogen (secondary N) is 4. The standard InChI is InChI=1S/C36H56N6O7/c1-10-16-37-31(47)28(45)22(17-20-14-15-20)38-30(46)27-26-21(36(26,8)9)18-42(27)32(48)29(35(5,6)7)40-33(49)39-23(34(2,3)4)19-41-24(43)12-11-13-25(41)44/h10,20-23,26-27,29H,1,11-19H2,2-9H3,(H,37,47)(H,38,46)(H2,39,40,49)/t21-,22?,23+,26-,27-,29+/m0/s1. The first-order valence-electron chi connectivity index (χ1n) is 17.6. The molecule has 2 aliphatic heterocycles. The lowest BCUT2D eigenvalue weighted by atomic mass is 9.84. The van der Waals surface area contributed by atoms with E-state index in [0.717, 1.165) is 12.8 Å². The third kappa shape index (κ3) is 8.70. The molecule has 6 atom stereocenters. The van der Waals surface area contributed by atoms with Crippen molar-refractivity contribution in [1.82, 2.24) is 31.1 Å². The maximum absolute atomic E-state index is 14.4. The SMILES string of the molecule is C=CCNC(=O)C(=O)C(CC1CC1)NC(=O)[C@@H]1[C@@H]2[C@H](CN1C(=O)[C@@H](NC(=O)N[C@H](CN1C(=O)CCCC1=O)C(C)(C)C)C(C)(C)C)C2(C)C. The molecule has 7 amide bonds. The fourth-order valence-corrected chi connectivity index (χ4v) is 7.27. The van der Waals surface area contributed by atoms with Crippen LogP contribution in [0.4, 0.5) is 4.79 Å². The summed E-state index contributed by atoms with van der Waals surface area (Å²) >= 11 is 0. The molecule has 2 saturated heterocycles. The van der Waals surface area contributed by atoms with Gasteiger partial charge in [0.05, 0.1) is 12.1 Å². The second-order valence-electron chi connectivity index (χ2n) is 17.1. The number of piperidine rings is 2. The van der Waals surface area contributed by atoms with E-state index >= 15 is 0 Å². The molecule has 1 unspecified atom stereocenters. The summed E-state index contributed by atoms with van der Waals surface area (Å²) in [5.74, 6) is -2.82. The predicted octanol–water partition coefficient (Wildman–Crippen LogP) is 2.29. The highest BCUT2D eigenvalue weighted by molar-refractivity contribution is 6.38. The van der Waals surface area contributed by atoms with Gasteiger partial charge in [-0.3, -0.25) is 33.7 Å². The first-order chi connectivity index (χ1) is 22.7. The Bertz CT molecular complexity index is 1360. The number of hydrogen-bond donors (Lipinski definition) is 4. The molecule has 2 aliphatic carbocycles. The van der Waals surface area contributed by atoms with E-state index in [0.29, 0.717) is 19.4 Å². The fourth-order valence-electron chi connectivity index (χ4n) is 7.27. The molecule has 13 nitrogen and oxygen atoms in total. The van der Waals surface area contributed by atoms with Gasteiger partial charge in [0.2, 0.25) is 29.4 Å². The zero-order valence-electron chi connectivity index (χ0n) is 30.4. The van der Waals surface area contributed by atoms with E-state index < -0.39 is 64.5 Å². The summed E-state index contributed by atoms with van der Waals surface area (Å²) in [5.41, 5.74) is -1.50. The highest BCUT2D eigenvalue weighted by Gasteiger charge is 2.70. The molecule has 13 heteroatoms. The third-order valence-corrected chi connectivity index (χ3v) is 10.8. The summed E-state index contributed by atoms with van der Waals surface area (Å²) in [4.78, 5) is 95.6. The Morgan fingerprint density at radius 3 is 2.08 bits per heavy atom. The molecule has 49 heavy (non-hydrogen) atoms. The summed E-state index contributed by atoms with van der Waals surface area (Å²) in [6.45, 7) is 19.3. The Hall–Kier alpha value is -3.77. The number of likely N-dealkylation sites (tertiary alicyclic amines) is 2. The third-order valence-electron chi connectivity index (χ3n) is 10.8. The Balaban J connectivity index is 1.52. The van der Waals surface area contributed by atoms with E-state index in [9.17, 15) is 33.6 Å². The molecule has 4 aliphatic rings. The second kappa shape index (κ2) is 14.2. The molecule has 0 radical (unpaired) electrons. The number of hydrogen-bond acceptors (Lipinski definition) is 7. The van der Waals surface area contributed by atoms with E-state index in [1.165, 1.54) is 15.9 Å². The van der Waals surface area contributed by atoms with Crippen LogP contribution in [0.5, 0.6) is 0 Å². The highest BCUT2D eigenvalue weighted by Crippen LogP contribution is 2.65. The zero-order chi connectivity index (χ0) is 36.6. The van der Waals surface area contributed by atoms with Gasteiger partial charge in [-0.2, -0.15) is 0 Å². The lowest BCUT2D eigenvalue weighted by Crippen LogP contribution is -2.63. The fraction of sp³-hybridized carbons (Fsp3) is 0.750.